The number of amides is 3. The number of nitrogens with zero attached hydrogens (tertiary/aromatic N) is 1. The van der Waals surface area contributed by atoms with Crippen LogP contribution in [0.3, 0.4) is 0 Å². The number of nitrogens with one attached hydrogen (secondary N) is 1. The van der Waals surface area contributed by atoms with Gasteiger partial charge in [-0.05, 0) is 59.7 Å². The van der Waals surface area contributed by atoms with E-state index in [9.17, 15) is 14.0 Å². The summed E-state index contributed by atoms with van der Waals surface area (Å²) >= 11 is 18.6. The van der Waals surface area contributed by atoms with Crippen LogP contribution in [-0.4, -0.2) is 11.9 Å². The summed E-state index contributed by atoms with van der Waals surface area (Å²) in [6.45, 7) is 0.142. The summed E-state index contributed by atoms with van der Waals surface area (Å²) in [6, 6.07) is 14.8. The van der Waals surface area contributed by atoms with Crippen LogP contribution in [0, 0.1) is 5.82 Å². The SMILES string of the molecule is O=C1N/C(=C/c2cc(Cl)c(OCc3ccc(F)cc3)c(Cl)c2)C(=O)N1c1cccc(Cl)c1. The molecule has 3 aromatic carbocycles. The summed E-state index contributed by atoms with van der Waals surface area (Å²) in [5.41, 5.74) is 1.64. The minimum Gasteiger partial charge on any atom is -0.486 e. The van der Waals surface area contributed by atoms with Gasteiger partial charge in [-0.15, -0.1) is 0 Å². The lowest BCUT2D eigenvalue weighted by atomic mass is 10.1. The summed E-state index contributed by atoms with van der Waals surface area (Å²) in [5, 5.41) is 3.37. The van der Waals surface area contributed by atoms with Crippen LogP contribution in [0.2, 0.25) is 15.1 Å². The molecule has 32 heavy (non-hydrogen) atoms. The van der Waals surface area contributed by atoms with Crippen LogP contribution < -0.4 is 15.0 Å². The Labute approximate surface area is 197 Å². The molecule has 0 unspecified atom stereocenters. The number of hydrogen-bond acceptors (Lipinski definition) is 3. The molecule has 5 nitrogen and oxygen atoms in total. The second-order valence-electron chi connectivity index (χ2n) is 6.84. The second-order valence-corrected chi connectivity index (χ2v) is 8.09. The lowest BCUT2D eigenvalue weighted by molar-refractivity contribution is -0.113. The molecular formula is C23H14Cl3FN2O3. The zero-order valence-electron chi connectivity index (χ0n) is 16.2. The second kappa shape index (κ2) is 9.20. The number of urea groups is 1. The fraction of sp³-hybridized carbons (Fsp3) is 0.0435. The quantitative estimate of drug-likeness (QED) is 0.329. The van der Waals surface area contributed by atoms with E-state index in [2.05, 4.69) is 5.32 Å². The fourth-order valence-electron chi connectivity index (χ4n) is 3.09. The normalized spacial score (nSPS) is 14.8. The number of hydrogen-bond donors (Lipinski definition) is 1. The van der Waals surface area contributed by atoms with Crippen molar-refractivity contribution in [3.63, 3.8) is 0 Å². The van der Waals surface area contributed by atoms with E-state index in [0.717, 1.165) is 10.5 Å². The Bertz CT molecular complexity index is 1220. The maximum Gasteiger partial charge on any atom is 0.333 e. The van der Waals surface area contributed by atoms with Gasteiger partial charge in [0, 0.05) is 5.02 Å². The van der Waals surface area contributed by atoms with Gasteiger partial charge >= 0.3 is 6.03 Å². The zero-order chi connectivity index (χ0) is 22.8. The zero-order valence-corrected chi connectivity index (χ0v) is 18.5. The van der Waals surface area contributed by atoms with Crippen molar-refractivity contribution in [1.82, 2.24) is 5.32 Å². The highest BCUT2D eigenvalue weighted by Gasteiger charge is 2.35. The first-order chi connectivity index (χ1) is 15.3. The highest BCUT2D eigenvalue weighted by Crippen LogP contribution is 2.36. The molecule has 3 aromatic rings. The highest BCUT2D eigenvalue weighted by atomic mass is 35.5. The molecule has 0 radical (unpaired) electrons. The fourth-order valence-corrected chi connectivity index (χ4v) is 3.89. The monoisotopic (exact) mass is 490 g/mol. The van der Waals surface area contributed by atoms with E-state index in [-0.39, 0.29) is 33.9 Å². The molecular weight excluding hydrogens is 478 g/mol. The molecule has 1 aliphatic heterocycles. The minimum absolute atomic E-state index is 0.0575. The molecule has 3 amide bonds. The average molecular weight is 492 g/mol. The number of ether oxygens (including phenoxy) is 1. The van der Waals surface area contributed by atoms with Gasteiger partial charge in [-0.2, -0.15) is 0 Å². The predicted octanol–water partition coefficient (Wildman–Crippen LogP) is 6.46. The van der Waals surface area contributed by atoms with Crippen LogP contribution in [0.4, 0.5) is 14.9 Å². The number of carbonyl (C=O) groups excluding carboxylic acids is 2. The maximum atomic E-state index is 13.0. The Balaban J connectivity index is 1.54. The van der Waals surface area contributed by atoms with E-state index < -0.39 is 11.9 Å². The van der Waals surface area contributed by atoms with Gasteiger partial charge in [0.1, 0.15) is 18.1 Å². The molecule has 0 spiro atoms. The van der Waals surface area contributed by atoms with E-state index in [1.54, 1.807) is 42.5 Å². The van der Waals surface area contributed by atoms with Crippen molar-refractivity contribution in [2.75, 3.05) is 4.90 Å². The smallest absolute Gasteiger partial charge is 0.333 e. The standard InChI is InChI=1S/C23H14Cl3FN2O3/c24-15-2-1-3-17(11-15)29-22(30)20(28-23(29)31)10-14-8-18(25)21(19(26)9-14)32-12-13-4-6-16(27)7-5-13/h1-11H,12H2,(H,28,31)/b20-10+. The van der Waals surface area contributed by atoms with Gasteiger partial charge in [0.2, 0.25) is 0 Å². The molecule has 0 aliphatic carbocycles. The lowest BCUT2D eigenvalue weighted by Crippen LogP contribution is -2.30. The summed E-state index contributed by atoms with van der Waals surface area (Å²) in [4.78, 5) is 26.1. The number of halogens is 4. The van der Waals surface area contributed by atoms with Crippen LogP contribution in [0.25, 0.3) is 6.08 Å². The molecule has 0 bridgehead atoms. The molecule has 1 aliphatic rings. The number of benzene rings is 3. The van der Waals surface area contributed by atoms with Crippen molar-refractivity contribution in [2.45, 2.75) is 6.61 Å². The highest BCUT2D eigenvalue weighted by molar-refractivity contribution is 6.37. The third-order valence-electron chi connectivity index (χ3n) is 4.57. The maximum absolute atomic E-state index is 13.0. The molecule has 0 saturated carbocycles. The van der Waals surface area contributed by atoms with Crippen molar-refractivity contribution in [3.05, 3.63) is 98.4 Å². The van der Waals surface area contributed by atoms with Crippen molar-refractivity contribution >= 4 is 58.5 Å². The number of anilines is 1. The number of carbonyl (C=O) groups is 2. The summed E-state index contributed by atoms with van der Waals surface area (Å²) in [6.07, 6.45) is 1.46. The summed E-state index contributed by atoms with van der Waals surface area (Å²) in [5.74, 6) is -0.632. The Hall–Kier alpha value is -3.06. The van der Waals surface area contributed by atoms with E-state index >= 15 is 0 Å². The third kappa shape index (κ3) is 4.72. The molecule has 4 rings (SSSR count). The van der Waals surface area contributed by atoms with E-state index in [4.69, 9.17) is 39.5 Å². The van der Waals surface area contributed by atoms with Crippen LogP contribution in [-0.2, 0) is 11.4 Å². The first-order valence-corrected chi connectivity index (χ1v) is 10.4. The van der Waals surface area contributed by atoms with Gasteiger partial charge in [0.25, 0.3) is 5.91 Å². The van der Waals surface area contributed by atoms with E-state index in [0.29, 0.717) is 16.3 Å². The van der Waals surface area contributed by atoms with Gasteiger partial charge in [0.05, 0.1) is 15.7 Å². The molecule has 1 N–H and O–H groups in total. The largest absolute Gasteiger partial charge is 0.486 e. The molecule has 0 aromatic heterocycles. The third-order valence-corrected chi connectivity index (χ3v) is 5.37. The molecule has 1 heterocycles. The molecule has 9 heteroatoms. The Morgan fingerprint density at radius 3 is 2.31 bits per heavy atom. The first kappa shape index (κ1) is 22.1. The van der Waals surface area contributed by atoms with Crippen LogP contribution in [0.5, 0.6) is 5.75 Å². The molecule has 162 valence electrons. The van der Waals surface area contributed by atoms with Crippen LogP contribution >= 0.6 is 34.8 Å². The summed E-state index contributed by atoms with van der Waals surface area (Å²) < 4.78 is 18.7. The molecule has 0 atom stereocenters. The van der Waals surface area contributed by atoms with Gasteiger partial charge in [-0.25, -0.2) is 14.1 Å². The Morgan fingerprint density at radius 2 is 1.66 bits per heavy atom. The van der Waals surface area contributed by atoms with Crippen LogP contribution in [0.1, 0.15) is 11.1 Å². The van der Waals surface area contributed by atoms with Crippen molar-refractivity contribution < 1.29 is 18.7 Å². The predicted molar refractivity (Wildman–Crippen MR) is 123 cm³/mol. The van der Waals surface area contributed by atoms with Gasteiger partial charge in [0.15, 0.2) is 5.75 Å². The Kier molecular flexibility index (Phi) is 6.37. The van der Waals surface area contributed by atoms with Crippen molar-refractivity contribution in [3.8, 4) is 5.75 Å². The molecule has 1 saturated heterocycles. The van der Waals surface area contributed by atoms with Crippen LogP contribution in [0.15, 0.2) is 66.4 Å². The topological polar surface area (TPSA) is 58.6 Å². The van der Waals surface area contributed by atoms with Gasteiger partial charge in [-0.1, -0.05) is 53.0 Å². The number of rotatable bonds is 5. The van der Waals surface area contributed by atoms with Crippen molar-refractivity contribution in [2.24, 2.45) is 0 Å². The summed E-state index contributed by atoms with van der Waals surface area (Å²) in [7, 11) is 0. The molecule has 1 fully saturated rings. The van der Waals surface area contributed by atoms with E-state index in [1.807, 2.05) is 0 Å². The first-order valence-electron chi connectivity index (χ1n) is 9.31. The van der Waals surface area contributed by atoms with E-state index in [1.165, 1.54) is 24.3 Å². The van der Waals surface area contributed by atoms with Gasteiger partial charge < -0.3 is 10.1 Å². The number of imide groups is 1. The minimum atomic E-state index is -0.597. The van der Waals surface area contributed by atoms with Crippen molar-refractivity contribution in [1.29, 1.82) is 0 Å². The van der Waals surface area contributed by atoms with Gasteiger partial charge in [-0.3, -0.25) is 4.79 Å². The lowest BCUT2D eigenvalue weighted by Gasteiger charge is -2.12. The average Bonchev–Trinajstić information content (AvgIpc) is 3.01. The Morgan fingerprint density at radius 1 is 0.969 bits per heavy atom.